The highest BCUT2D eigenvalue weighted by Crippen LogP contribution is 2.21. The predicted molar refractivity (Wildman–Crippen MR) is 73.1 cm³/mol. The maximum Gasteiger partial charge on any atom is 0.239 e. The summed E-state index contributed by atoms with van der Waals surface area (Å²) in [5.41, 5.74) is 3.41. The lowest BCUT2D eigenvalue weighted by atomic mass is 9.89. The number of rotatable bonds is 5. The molecule has 102 valence electrons. The molecule has 1 rings (SSSR count). The third kappa shape index (κ3) is 4.85. The Bertz CT molecular complexity index is 389. The van der Waals surface area contributed by atoms with Gasteiger partial charge in [-0.2, -0.15) is 4.98 Å². The van der Waals surface area contributed by atoms with Crippen molar-refractivity contribution in [3.63, 3.8) is 0 Å². The lowest BCUT2D eigenvalue weighted by molar-refractivity contribution is 0.132. The zero-order valence-corrected chi connectivity index (χ0v) is 11.5. The number of aryl methyl sites for hydroxylation is 1. The number of nitrogen functional groups attached to an aromatic ring is 1. The van der Waals surface area contributed by atoms with Crippen LogP contribution >= 0.6 is 0 Å². The highest BCUT2D eigenvalue weighted by Gasteiger charge is 2.16. The zero-order valence-electron chi connectivity index (χ0n) is 11.5. The standard InChI is InChI=1S/C12H23N5O/c1-8-6-15-11(17-13)16-10(8)14-7-9(18)5-12(2,3)4/h6,9,18H,5,7,13H2,1-4H3,(H2,14,15,16,17). The lowest BCUT2D eigenvalue weighted by Crippen LogP contribution is -2.26. The lowest BCUT2D eigenvalue weighted by Gasteiger charge is -2.22. The van der Waals surface area contributed by atoms with Crippen molar-refractivity contribution in [3.8, 4) is 0 Å². The molecule has 0 aliphatic heterocycles. The Morgan fingerprint density at radius 1 is 1.44 bits per heavy atom. The summed E-state index contributed by atoms with van der Waals surface area (Å²) in [5, 5.41) is 13.0. The van der Waals surface area contributed by atoms with E-state index in [-0.39, 0.29) is 5.41 Å². The number of aliphatic hydroxyl groups is 1. The third-order valence-corrected chi connectivity index (χ3v) is 2.45. The van der Waals surface area contributed by atoms with E-state index in [0.717, 1.165) is 12.0 Å². The first-order valence-corrected chi connectivity index (χ1v) is 6.04. The minimum absolute atomic E-state index is 0.103. The van der Waals surface area contributed by atoms with Gasteiger partial charge < -0.3 is 10.4 Å². The van der Waals surface area contributed by atoms with Crippen molar-refractivity contribution >= 4 is 11.8 Å². The zero-order chi connectivity index (χ0) is 13.8. The summed E-state index contributed by atoms with van der Waals surface area (Å²) >= 11 is 0. The smallest absolute Gasteiger partial charge is 0.239 e. The Morgan fingerprint density at radius 2 is 2.11 bits per heavy atom. The van der Waals surface area contributed by atoms with Crippen molar-refractivity contribution in [2.24, 2.45) is 11.3 Å². The summed E-state index contributed by atoms with van der Waals surface area (Å²) in [6, 6.07) is 0. The second kappa shape index (κ2) is 5.97. The number of aliphatic hydroxyl groups excluding tert-OH is 1. The molecule has 0 fully saturated rings. The van der Waals surface area contributed by atoms with Gasteiger partial charge in [-0.15, -0.1) is 0 Å². The Labute approximate surface area is 108 Å². The molecule has 0 aliphatic carbocycles. The Kier molecular flexibility index (Phi) is 4.86. The summed E-state index contributed by atoms with van der Waals surface area (Å²) in [5.74, 6) is 6.30. The maximum absolute atomic E-state index is 9.92. The molecule has 0 saturated heterocycles. The van der Waals surface area contributed by atoms with E-state index in [0.29, 0.717) is 18.3 Å². The molecular formula is C12H23N5O. The van der Waals surface area contributed by atoms with Crippen LogP contribution in [0.2, 0.25) is 0 Å². The van der Waals surface area contributed by atoms with E-state index >= 15 is 0 Å². The predicted octanol–water partition coefficient (Wildman–Crippen LogP) is 1.28. The van der Waals surface area contributed by atoms with E-state index < -0.39 is 6.10 Å². The maximum atomic E-state index is 9.92. The van der Waals surface area contributed by atoms with Gasteiger partial charge in [0.15, 0.2) is 0 Å². The summed E-state index contributed by atoms with van der Waals surface area (Å²) in [6.07, 6.45) is 2.00. The van der Waals surface area contributed by atoms with Gasteiger partial charge in [-0.1, -0.05) is 20.8 Å². The Hall–Kier alpha value is -1.40. The molecule has 1 aromatic rings. The van der Waals surface area contributed by atoms with Crippen molar-refractivity contribution in [1.82, 2.24) is 9.97 Å². The van der Waals surface area contributed by atoms with Crippen LogP contribution in [0.3, 0.4) is 0 Å². The van der Waals surface area contributed by atoms with E-state index in [2.05, 4.69) is 41.5 Å². The minimum atomic E-state index is -0.409. The molecule has 18 heavy (non-hydrogen) atoms. The van der Waals surface area contributed by atoms with E-state index in [1.54, 1.807) is 6.20 Å². The first-order valence-electron chi connectivity index (χ1n) is 6.04. The summed E-state index contributed by atoms with van der Waals surface area (Å²) in [4.78, 5) is 8.18. The van der Waals surface area contributed by atoms with Gasteiger partial charge in [0.25, 0.3) is 0 Å². The van der Waals surface area contributed by atoms with E-state index in [1.165, 1.54) is 0 Å². The summed E-state index contributed by atoms with van der Waals surface area (Å²) in [6.45, 7) is 8.66. The second-order valence-electron chi connectivity index (χ2n) is 5.67. The van der Waals surface area contributed by atoms with E-state index in [4.69, 9.17) is 5.84 Å². The third-order valence-electron chi connectivity index (χ3n) is 2.45. The molecule has 0 saturated carbocycles. The molecular weight excluding hydrogens is 230 g/mol. The molecule has 1 atom stereocenters. The number of nitrogens with one attached hydrogen (secondary N) is 2. The Morgan fingerprint density at radius 3 is 2.67 bits per heavy atom. The molecule has 0 aliphatic rings. The van der Waals surface area contributed by atoms with Crippen LogP contribution in [0.15, 0.2) is 6.20 Å². The van der Waals surface area contributed by atoms with Crippen LogP contribution in [-0.4, -0.2) is 27.7 Å². The monoisotopic (exact) mass is 253 g/mol. The van der Waals surface area contributed by atoms with Crippen LogP contribution in [0.1, 0.15) is 32.8 Å². The topological polar surface area (TPSA) is 96.1 Å². The molecule has 1 heterocycles. The molecule has 0 bridgehead atoms. The Balaban J connectivity index is 2.57. The van der Waals surface area contributed by atoms with Gasteiger partial charge in [0, 0.05) is 18.3 Å². The van der Waals surface area contributed by atoms with Crippen LogP contribution in [0.5, 0.6) is 0 Å². The van der Waals surface area contributed by atoms with Gasteiger partial charge >= 0.3 is 0 Å². The van der Waals surface area contributed by atoms with Crippen LogP contribution in [-0.2, 0) is 0 Å². The minimum Gasteiger partial charge on any atom is -0.391 e. The average molecular weight is 253 g/mol. The van der Waals surface area contributed by atoms with Crippen molar-refractivity contribution in [2.75, 3.05) is 17.3 Å². The van der Waals surface area contributed by atoms with Crippen LogP contribution in [0.4, 0.5) is 11.8 Å². The number of hydrogen-bond donors (Lipinski definition) is 4. The molecule has 0 spiro atoms. The quantitative estimate of drug-likeness (QED) is 0.466. The first kappa shape index (κ1) is 14.7. The summed E-state index contributed by atoms with van der Waals surface area (Å²) in [7, 11) is 0. The van der Waals surface area contributed by atoms with Gasteiger partial charge in [0.1, 0.15) is 5.82 Å². The number of hydrogen-bond acceptors (Lipinski definition) is 6. The first-order chi connectivity index (χ1) is 8.31. The van der Waals surface area contributed by atoms with Crippen LogP contribution < -0.4 is 16.6 Å². The fraction of sp³-hybridized carbons (Fsp3) is 0.667. The molecule has 0 radical (unpaired) electrons. The van der Waals surface area contributed by atoms with Crippen LogP contribution in [0.25, 0.3) is 0 Å². The van der Waals surface area contributed by atoms with Gasteiger partial charge in [0.2, 0.25) is 5.95 Å². The van der Waals surface area contributed by atoms with E-state index in [1.807, 2.05) is 6.92 Å². The molecule has 5 N–H and O–H groups in total. The van der Waals surface area contributed by atoms with Gasteiger partial charge in [-0.25, -0.2) is 10.8 Å². The normalized spacial score (nSPS) is 13.2. The van der Waals surface area contributed by atoms with Crippen molar-refractivity contribution < 1.29 is 5.11 Å². The largest absolute Gasteiger partial charge is 0.391 e. The van der Waals surface area contributed by atoms with Crippen molar-refractivity contribution in [2.45, 2.75) is 40.2 Å². The molecule has 0 aromatic carbocycles. The molecule has 1 unspecified atom stereocenters. The number of nitrogens with zero attached hydrogens (tertiary/aromatic N) is 2. The molecule has 6 nitrogen and oxygen atoms in total. The van der Waals surface area contributed by atoms with Gasteiger partial charge in [-0.05, 0) is 18.8 Å². The molecule has 0 amide bonds. The van der Waals surface area contributed by atoms with E-state index in [9.17, 15) is 5.11 Å². The van der Waals surface area contributed by atoms with Crippen LogP contribution in [0, 0.1) is 12.3 Å². The van der Waals surface area contributed by atoms with Crippen molar-refractivity contribution in [3.05, 3.63) is 11.8 Å². The number of hydrazine groups is 1. The van der Waals surface area contributed by atoms with Gasteiger partial charge in [-0.3, -0.25) is 5.43 Å². The second-order valence-corrected chi connectivity index (χ2v) is 5.67. The SMILES string of the molecule is Cc1cnc(NN)nc1NCC(O)CC(C)(C)C. The number of nitrogens with two attached hydrogens (primary N) is 1. The number of aromatic nitrogens is 2. The average Bonchev–Trinajstić information content (AvgIpc) is 2.25. The number of anilines is 2. The highest BCUT2D eigenvalue weighted by molar-refractivity contribution is 5.46. The van der Waals surface area contributed by atoms with Gasteiger partial charge in [0.05, 0.1) is 6.10 Å². The fourth-order valence-corrected chi connectivity index (χ4v) is 1.68. The summed E-state index contributed by atoms with van der Waals surface area (Å²) < 4.78 is 0. The molecule has 6 heteroatoms. The van der Waals surface area contributed by atoms with Crippen molar-refractivity contribution in [1.29, 1.82) is 0 Å². The highest BCUT2D eigenvalue weighted by atomic mass is 16.3. The fourth-order valence-electron chi connectivity index (χ4n) is 1.68. The molecule has 1 aromatic heterocycles.